The number of rotatable bonds is 7. The number of carbonyl (C=O) groups excluding carboxylic acids is 1. The van der Waals surface area contributed by atoms with Crippen molar-refractivity contribution in [3.63, 3.8) is 0 Å². The van der Waals surface area contributed by atoms with E-state index >= 15 is 0 Å². The fourth-order valence-corrected chi connectivity index (χ4v) is 3.70. The third-order valence-corrected chi connectivity index (χ3v) is 6.31. The Morgan fingerprint density at radius 2 is 1.86 bits per heavy atom. The van der Waals surface area contributed by atoms with Crippen LogP contribution in [-0.4, -0.2) is 26.4 Å². The van der Waals surface area contributed by atoms with E-state index in [0.29, 0.717) is 11.0 Å². The van der Waals surface area contributed by atoms with Crippen molar-refractivity contribution in [2.24, 2.45) is 7.05 Å². The first-order valence-corrected chi connectivity index (χ1v) is 10.9. The van der Waals surface area contributed by atoms with Crippen LogP contribution >= 0.6 is 39.3 Å². The maximum atomic E-state index is 12.2. The van der Waals surface area contributed by atoms with Crippen LogP contribution in [0, 0.1) is 13.8 Å². The number of nitrogens with one attached hydrogen (secondary N) is 1. The maximum absolute atomic E-state index is 12.2. The molecule has 0 saturated carbocycles. The molecule has 3 aromatic rings. The van der Waals surface area contributed by atoms with E-state index in [4.69, 9.17) is 16.3 Å². The van der Waals surface area contributed by atoms with Gasteiger partial charge in [0.25, 0.3) is 0 Å². The minimum Gasteiger partial charge on any atom is -0.486 e. The molecule has 1 amide bonds. The number of anilines is 1. The summed E-state index contributed by atoms with van der Waals surface area (Å²) in [5, 5.41) is 12.6. The van der Waals surface area contributed by atoms with Gasteiger partial charge in [-0.3, -0.25) is 4.79 Å². The Balaban J connectivity index is 1.55. The lowest BCUT2D eigenvalue weighted by Gasteiger charge is -2.10. The highest BCUT2D eigenvalue weighted by Crippen LogP contribution is 2.26. The number of hydrogen-bond donors (Lipinski definition) is 1. The number of carbonyl (C=O) groups is 1. The molecule has 0 aliphatic heterocycles. The van der Waals surface area contributed by atoms with Gasteiger partial charge in [-0.15, -0.1) is 10.2 Å². The van der Waals surface area contributed by atoms with Gasteiger partial charge < -0.3 is 14.6 Å². The van der Waals surface area contributed by atoms with Crippen LogP contribution in [0.4, 0.5) is 5.69 Å². The van der Waals surface area contributed by atoms with E-state index in [2.05, 4.69) is 31.4 Å². The molecule has 152 valence electrons. The van der Waals surface area contributed by atoms with E-state index in [0.717, 1.165) is 32.1 Å². The predicted molar refractivity (Wildman–Crippen MR) is 120 cm³/mol. The van der Waals surface area contributed by atoms with Gasteiger partial charge in [0.05, 0.1) is 5.75 Å². The number of ether oxygens (including phenoxy) is 1. The number of nitrogens with zero attached hydrogens (tertiary/aromatic N) is 3. The third-order valence-electron chi connectivity index (χ3n) is 4.16. The lowest BCUT2D eigenvalue weighted by molar-refractivity contribution is -0.113. The summed E-state index contributed by atoms with van der Waals surface area (Å²) in [7, 11) is 1.85. The van der Waals surface area contributed by atoms with Gasteiger partial charge in [-0.1, -0.05) is 39.3 Å². The van der Waals surface area contributed by atoms with E-state index in [1.54, 1.807) is 0 Å². The minimum atomic E-state index is -0.106. The van der Waals surface area contributed by atoms with Crippen LogP contribution in [0.25, 0.3) is 0 Å². The SMILES string of the molecule is Cc1cc(OCc2nnc(SCC(=O)Nc3ccc(Br)cc3)n2C)cc(C)c1Cl. The first-order chi connectivity index (χ1) is 13.8. The first kappa shape index (κ1) is 21.7. The summed E-state index contributed by atoms with van der Waals surface area (Å²) in [6, 6.07) is 11.2. The highest BCUT2D eigenvalue weighted by Gasteiger charge is 2.13. The second-order valence-electron chi connectivity index (χ2n) is 6.46. The molecule has 9 heteroatoms. The molecular formula is C20H20BrClN4O2S. The lowest BCUT2D eigenvalue weighted by atomic mass is 10.1. The summed E-state index contributed by atoms with van der Waals surface area (Å²) in [4.78, 5) is 12.2. The van der Waals surface area contributed by atoms with Crippen molar-refractivity contribution < 1.29 is 9.53 Å². The van der Waals surface area contributed by atoms with Crippen molar-refractivity contribution in [2.45, 2.75) is 25.6 Å². The van der Waals surface area contributed by atoms with Crippen LogP contribution < -0.4 is 10.1 Å². The van der Waals surface area contributed by atoms with Crippen molar-refractivity contribution in [1.82, 2.24) is 14.8 Å². The van der Waals surface area contributed by atoms with Crippen molar-refractivity contribution in [1.29, 1.82) is 0 Å². The van der Waals surface area contributed by atoms with Gasteiger partial charge in [-0.05, 0) is 61.4 Å². The third kappa shape index (κ3) is 5.74. The molecule has 0 aliphatic rings. The second-order valence-corrected chi connectivity index (χ2v) is 8.70. The van der Waals surface area contributed by atoms with Crippen LogP contribution in [-0.2, 0) is 18.4 Å². The summed E-state index contributed by atoms with van der Waals surface area (Å²) in [5.41, 5.74) is 2.68. The average Bonchev–Trinajstić information content (AvgIpc) is 3.04. The summed E-state index contributed by atoms with van der Waals surface area (Å²) in [5.74, 6) is 1.53. The van der Waals surface area contributed by atoms with Gasteiger partial charge >= 0.3 is 0 Å². The van der Waals surface area contributed by atoms with Crippen LogP contribution in [0.2, 0.25) is 5.02 Å². The normalized spacial score (nSPS) is 10.8. The predicted octanol–water partition coefficient (Wildman–Crippen LogP) is 5.16. The van der Waals surface area contributed by atoms with E-state index < -0.39 is 0 Å². The molecule has 1 heterocycles. The number of amides is 1. The molecule has 0 radical (unpaired) electrons. The minimum absolute atomic E-state index is 0.106. The van der Waals surface area contributed by atoms with E-state index in [1.807, 2.05) is 61.9 Å². The zero-order valence-corrected chi connectivity index (χ0v) is 19.4. The van der Waals surface area contributed by atoms with Gasteiger partial charge in [-0.25, -0.2) is 0 Å². The largest absolute Gasteiger partial charge is 0.486 e. The molecule has 29 heavy (non-hydrogen) atoms. The first-order valence-electron chi connectivity index (χ1n) is 8.79. The van der Waals surface area contributed by atoms with Gasteiger partial charge in [0.15, 0.2) is 11.0 Å². The molecule has 0 aliphatic carbocycles. The number of aromatic nitrogens is 3. The Bertz CT molecular complexity index is 1000. The van der Waals surface area contributed by atoms with Crippen LogP contribution in [0.5, 0.6) is 5.75 Å². The van der Waals surface area contributed by atoms with Gasteiger partial charge in [0, 0.05) is 22.2 Å². The van der Waals surface area contributed by atoms with Gasteiger partial charge in [-0.2, -0.15) is 0 Å². The molecular weight excluding hydrogens is 476 g/mol. The second kappa shape index (κ2) is 9.65. The van der Waals surface area contributed by atoms with E-state index in [-0.39, 0.29) is 18.3 Å². The zero-order valence-electron chi connectivity index (χ0n) is 16.2. The molecule has 3 rings (SSSR count). The van der Waals surface area contributed by atoms with Crippen molar-refractivity contribution in [3.05, 3.63) is 62.8 Å². The van der Waals surface area contributed by atoms with E-state index in [1.165, 1.54) is 11.8 Å². The van der Waals surface area contributed by atoms with Crippen molar-refractivity contribution >= 4 is 50.9 Å². The van der Waals surface area contributed by atoms with Crippen LogP contribution in [0.15, 0.2) is 46.0 Å². The molecule has 0 atom stereocenters. The summed E-state index contributed by atoms with van der Waals surface area (Å²) in [6.45, 7) is 4.16. The van der Waals surface area contributed by atoms with E-state index in [9.17, 15) is 4.79 Å². The van der Waals surface area contributed by atoms with Crippen molar-refractivity contribution in [3.8, 4) is 5.75 Å². The number of benzene rings is 2. The number of halogens is 2. The smallest absolute Gasteiger partial charge is 0.234 e. The number of aryl methyl sites for hydroxylation is 2. The summed E-state index contributed by atoms with van der Waals surface area (Å²) in [6.07, 6.45) is 0. The molecule has 6 nitrogen and oxygen atoms in total. The zero-order chi connectivity index (χ0) is 21.0. The molecule has 0 bridgehead atoms. The summed E-state index contributed by atoms with van der Waals surface area (Å²) >= 11 is 10.9. The Hall–Kier alpha value is -2.03. The Morgan fingerprint density at radius 3 is 2.52 bits per heavy atom. The lowest BCUT2D eigenvalue weighted by Crippen LogP contribution is -2.14. The molecule has 0 unspecified atom stereocenters. The van der Waals surface area contributed by atoms with Crippen LogP contribution in [0.3, 0.4) is 0 Å². The van der Waals surface area contributed by atoms with Crippen molar-refractivity contribution in [2.75, 3.05) is 11.1 Å². The van der Waals surface area contributed by atoms with Gasteiger partial charge in [0.2, 0.25) is 5.91 Å². The molecule has 2 aromatic carbocycles. The molecule has 0 saturated heterocycles. The highest BCUT2D eigenvalue weighted by atomic mass is 79.9. The number of hydrogen-bond acceptors (Lipinski definition) is 5. The monoisotopic (exact) mass is 494 g/mol. The molecule has 0 spiro atoms. The molecule has 0 fully saturated rings. The topological polar surface area (TPSA) is 69.0 Å². The average molecular weight is 496 g/mol. The quantitative estimate of drug-likeness (QED) is 0.459. The maximum Gasteiger partial charge on any atom is 0.234 e. The Kier molecular flexibility index (Phi) is 7.21. The van der Waals surface area contributed by atoms with Gasteiger partial charge in [0.1, 0.15) is 12.4 Å². The van der Waals surface area contributed by atoms with Crippen LogP contribution in [0.1, 0.15) is 17.0 Å². The Morgan fingerprint density at radius 1 is 1.21 bits per heavy atom. The fraction of sp³-hybridized carbons (Fsp3) is 0.250. The molecule has 1 aromatic heterocycles. The fourth-order valence-electron chi connectivity index (χ4n) is 2.59. The Labute approximate surface area is 187 Å². The highest BCUT2D eigenvalue weighted by molar-refractivity contribution is 9.10. The molecule has 1 N–H and O–H groups in total. The standard InChI is InChI=1S/C20H20BrClN4O2S/c1-12-8-16(9-13(2)19(12)22)28-10-17-24-25-20(26(17)3)29-11-18(27)23-15-6-4-14(21)5-7-15/h4-9H,10-11H2,1-3H3,(H,23,27). The summed E-state index contributed by atoms with van der Waals surface area (Å²) < 4.78 is 8.63. The number of thioether (sulfide) groups is 1.